The average molecular weight is 210 g/mol. The summed E-state index contributed by atoms with van der Waals surface area (Å²) >= 11 is 0. The van der Waals surface area contributed by atoms with Gasteiger partial charge in [-0.15, -0.1) is 0 Å². The van der Waals surface area contributed by atoms with Crippen LogP contribution in [0.2, 0.25) is 0 Å². The van der Waals surface area contributed by atoms with E-state index in [0.717, 1.165) is 12.8 Å². The lowest BCUT2D eigenvalue weighted by molar-refractivity contribution is -0.147. The first kappa shape index (κ1) is 10.7. The van der Waals surface area contributed by atoms with Crippen LogP contribution in [-0.2, 0) is 14.3 Å². The highest BCUT2D eigenvalue weighted by molar-refractivity contribution is 5.94. The van der Waals surface area contributed by atoms with Crippen molar-refractivity contribution in [2.45, 2.75) is 33.1 Å². The van der Waals surface area contributed by atoms with Gasteiger partial charge in [0, 0.05) is 12.3 Å². The van der Waals surface area contributed by atoms with E-state index in [2.05, 4.69) is 13.8 Å². The molecule has 84 valence electrons. The minimum absolute atomic E-state index is 0.0246. The lowest BCUT2D eigenvalue weighted by Gasteiger charge is -2.07. The number of esters is 1. The smallest absolute Gasteiger partial charge is 0.309 e. The highest BCUT2D eigenvalue weighted by atomic mass is 16.5. The summed E-state index contributed by atoms with van der Waals surface area (Å²) in [5, 5.41) is 0. The maximum Gasteiger partial charge on any atom is 0.309 e. The number of ketones is 1. The van der Waals surface area contributed by atoms with Gasteiger partial charge in [0.2, 0.25) is 0 Å². The van der Waals surface area contributed by atoms with Gasteiger partial charge in [0.15, 0.2) is 0 Å². The topological polar surface area (TPSA) is 43.4 Å². The fraction of sp³-hybridized carbons (Fsp3) is 0.833. The Morgan fingerprint density at radius 1 is 1.53 bits per heavy atom. The molecule has 0 N–H and O–H groups in total. The molecule has 0 saturated heterocycles. The fourth-order valence-corrected chi connectivity index (χ4v) is 2.46. The van der Waals surface area contributed by atoms with Crippen molar-refractivity contribution in [1.82, 2.24) is 0 Å². The van der Waals surface area contributed by atoms with E-state index in [9.17, 15) is 9.59 Å². The van der Waals surface area contributed by atoms with Gasteiger partial charge in [0.05, 0.1) is 12.5 Å². The molecular formula is C12H18O3. The molecule has 2 rings (SSSR count). The van der Waals surface area contributed by atoms with Gasteiger partial charge in [0.25, 0.3) is 0 Å². The van der Waals surface area contributed by atoms with Crippen molar-refractivity contribution in [3.8, 4) is 0 Å². The molecular weight excluding hydrogens is 192 g/mol. The van der Waals surface area contributed by atoms with Crippen LogP contribution >= 0.6 is 0 Å². The van der Waals surface area contributed by atoms with Gasteiger partial charge in [-0.05, 0) is 24.7 Å². The molecule has 0 amide bonds. The Hall–Kier alpha value is -0.860. The van der Waals surface area contributed by atoms with Crippen molar-refractivity contribution in [2.24, 2.45) is 23.7 Å². The quantitative estimate of drug-likeness (QED) is 0.664. The Bertz CT molecular complexity index is 283. The van der Waals surface area contributed by atoms with Crippen LogP contribution in [0.4, 0.5) is 0 Å². The Labute approximate surface area is 90.2 Å². The standard InChI is InChI=1S/C12H18O3/c1-7(2)5-6-15-12(14)11-8-3-4-9(13)10(8)11/h7-8,10-11H,3-6H2,1-2H3/t8-,10-,11+/m0/s1. The van der Waals surface area contributed by atoms with Crippen LogP contribution in [0.5, 0.6) is 0 Å². The first-order valence-electron chi connectivity index (χ1n) is 5.80. The molecule has 0 aromatic carbocycles. The van der Waals surface area contributed by atoms with Gasteiger partial charge in [-0.25, -0.2) is 0 Å². The zero-order chi connectivity index (χ0) is 11.0. The van der Waals surface area contributed by atoms with E-state index in [1.807, 2.05) is 0 Å². The summed E-state index contributed by atoms with van der Waals surface area (Å²) in [6.45, 7) is 4.70. The molecule has 0 bridgehead atoms. The molecule has 2 aliphatic carbocycles. The highest BCUT2D eigenvalue weighted by Gasteiger charge is 2.62. The lowest BCUT2D eigenvalue weighted by Crippen LogP contribution is -2.14. The summed E-state index contributed by atoms with van der Waals surface area (Å²) in [5.41, 5.74) is 0. The van der Waals surface area contributed by atoms with E-state index in [1.54, 1.807) is 0 Å². The first-order chi connectivity index (χ1) is 7.11. The molecule has 3 nitrogen and oxygen atoms in total. The Morgan fingerprint density at radius 2 is 2.27 bits per heavy atom. The zero-order valence-electron chi connectivity index (χ0n) is 9.36. The van der Waals surface area contributed by atoms with Crippen LogP contribution in [0.25, 0.3) is 0 Å². The Kier molecular flexibility index (Phi) is 2.81. The first-order valence-corrected chi connectivity index (χ1v) is 5.80. The van der Waals surface area contributed by atoms with Gasteiger partial charge >= 0.3 is 5.97 Å². The second kappa shape index (κ2) is 3.95. The minimum atomic E-state index is -0.140. The van der Waals surface area contributed by atoms with Gasteiger partial charge < -0.3 is 4.74 Å². The summed E-state index contributed by atoms with van der Waals surface area (Å²) < 4.78 is 5.17. The Morgan fingerprint density at radius 3 is 2.80 bits per heavy atom. The van der Waals surface area contributed by atoms with E-state index in [1.165, 1.54) is 0 Å². The van der Waals surface area contributed by atoms with Crippen LogP contribution in [0.15, 0.2) is 0 Å². The molecule has 3 heteroatoms. The number of Topliss-reactive ketones (excluding diaryl/α,β-unsaturated/α-hetero) is 1. The van der Waals surface area contributed by atoms with Gasteiger partial charge in [-0.2, -0.15) is 0 Å². The lowest BCUT2D eigenvalue weighted by atomic mass is 10.1. The third-order valence-corrected chi connectivity index (χ3v) is 3.48. The summed E-state index contributed by atoms with van der Waals surface area (Å²) in [6.07, 6.45) is 2.47. The molecule has 2 saturated carbocycles. The molecule has 15 heavy (non-hydrogen) atoms. The number of carbonyl (C=O) groups excluding carboxylic acids is 2. The van der Waals surface area contributed by atoms with Gasteiger partial charge in [0.1, 0.15) is 5.78 Å². The van der Waals surface area contributed by atoms with Crippen molar-refractivity contribution in [1.29, 1.82) is 0 Å². The molecule has 0 heterocycles. The van der Waals surface area contributed by atoms with E-state index < -0.39 is 0 Å². The van der Waals surface area contributed by atoms with E-state index in [0.29, 0.717) is 24.9 Å². The molecule has 2 fully saturated rings. The van der Waals surface area contributed by atoms with Crippen LogP contribution in [0, 0.1) is 23.7 Å². The maximum atomic E-state index is 11.6. The fourth-order valence-electron chi connectivity index (χ4n) is 2.46. The average Bonchev–Trinajstić information content (AvgIpc) is 2.77. The summed E-state index contributed by atoms with van der Waals surface area (Å²) in [5.74, 6) is 0.946. The molecule has 0 aliphatic heterocycles. The van der Waals surface area contributed by atoms with Crippen molar-refractivity contribution in [2.75, 3.05) is 6.61 Å². The summed E-state index contributed by atoms with van der Waals surface area (Å²) in [7, 11) is 0. The van der Waals surface area contributed by atoms with Crippen LogP contribution in [0.3, 0.4) is 0 Å². The SMILES string of the molecule is CC(C)CCOC(=O)[C@@H]1[C@H]2CCC(=O)[C@H]21. The third-order valence-electron chi connectivity index (χ3n) is 3.48. The van der Waals surface area contributed by atoms with Gasteiger partial charge in [-0.1, -0.05) is 13.8 Å². The predicted molar refractivity (Wildman–Crippen MR) is 55.1 cm³/mol. The monoisotopic (exact) mass is 210 g/mol. The van der Waals surface area contributed by atoms with Crippen molar-refractivity contribution in [3.05, 3.63) is 0 Å². The van der Waals surface area contributed by atoms with Crippen LogP contribution in [-0.4, -0.2) is 18.4 Å². The number of fused-ring (bicyclic) bond motifs is 1. The molecule has 0 aromatic rings. The molecule has 0 radical (unpaired) electrons. The van der Waals surface area contributed by atoms with E-state index in [4.69, 9.17) is 4.74 Å². The molecule has 2 aliphatic rings. The van der Waals surface area contributed by atoms with E-state index >= 15 is 0 Å². The van der Waals surface area contributed by atoms with Crippen molar-refractivity contribution in [3.63, 3.8) is 0 Å². The maximum absolute atomic E-state index is 11.6. The van der Waals surface area contributed by atoms with Gasteiger partial charge in [-0.3, -0.25) is 9.59 Å². The highest BCUT2D eigenvalue weighted by Crippen LogP contribution is 2.55. The minimum Gasteiger partial charge on any atom is -0.465 e. The summed E-state index contributed by atoms with van der Waals surface area (Å²) in [6, 6.07) is 0. The number of rotatable bonds is 4. The number of carbonyl (C=O) groups is 2. The van der Waals surface area contributed by atoms with Crippen molar-refractivity contribution < 1.29 is 14.3 Å². The molecule has 0 spiro atoms. The molecule has 3 atom stereocenters. The Balaban J connectivity index is 1.73. The second-order valence-corrected chi connectivity index (χ2v) is 5.07. The number of hydrogen-bond donors (Lipinski definition) is 0. The zero-order valence-corrected chi connectivity index (χ0v) is 9.36. The van der Waals surface area contributed by atoms with Crippen LogP contribution in [0.1, 0.15) is 33.1 Å². The number of hydrogen-bond acceptors (Lipinski definition) is 3. The van der Waals surface area contributed by atoms with Crippen molar-refractivity contribution >= 4 is 11.8 Å². The summed E-state index contributed by atoms with van der Waals surface area (Å²) in [4.78, 5) is 22.9. The van der Waals surface area contributed by atoms with E-state index in [-0.39, 0.29) is 23.6 Å². The third kappa shape index (κ3) is 2.06. The predicted octanol–water partition coefficient (Wildman–Crippen LogP) is 1.80. The molecule has 0 unspecified atom stereocenters. The largest absolute Gasteiger partial charge is 0.465 e. The molecule has 0 aromatic heterocycles. The normalized spacial score (nSPS) is 33.0. The number of ether oxygens (including phenoxy) is 1. The van der Waals surface area contributed by atoms with Crippen LogP contribution < -0.4 is 0 Å². The second-order valence-electron chi connectivity index (χ2n) is 5.07.